The number of hydrogen-bond acceptors (Lipinski definition) is 5. The lowest BCUT2D eigenvalue weighted by atomic mass is 10.1. The van der Waals surface area contributed by atoms with E-state index in [0.29, 0.717) is 16.4 Å². The Morgan fingerprint density at radius 3 is 2.58 bits per heavy atom. The van der Waals surface area contributed by atoms with Crippen LogP contribution in [-0.2, 0) is 0 Å². The van der Waals surface area contributed by atoms with Crippen molar-refractivity contribution in [1.29, 1.82) is 0 Å². The van der Waals surface area contributed by atoms with Crippen LogP contribution in [0, 0.1) is 11.6 Å². The zero-order valence-electron chi connectivity index (χ0n) is 13.4. The molecule has 2 aromatic carbocycles. The number of hydrogen-bond donors (Lipinski definition) is 1. The van der Waals surface area contributed by atoms with Gasteiger partial charge in [0.15, 0.2) is 17.7 Å². The quantitative estimate of drug-likeness (QED) is 0.725. The van der Waals surface area contributed by atoms with Crippen LogP contribution < -0.4 is 10.5 Å². The Hall–Kier alpha value is -3.00. The molecule has 1 atom stereocenters. The van der Waals surface area contributed by atoms with E-state index in [0.717, 1.165) is 12.1 Å². The van der Waals surface area contributed by atoms with E-state index < -0.39 is 29.2 Å². The zero-order valence-corrected chi connectivity index (χ0v) is 14.1. The monoisotopic (exact) mass is 379 g/mol. The molecule has 26 heavy (non-hydrogen) atoms. The Morgan fingerprint density at radius 1 is 1.23 bits per heavy atom. The second kappa shape index (κ2) is 7.09. The Balaban J connectivity index is 1.83. The molecule has 0 fully saturated rings. The van der Waals surface area contributed by atoms with Crippen LogP contribution in [0.15, 0.2) is 40.9 Å². The summed E-state index contributed by atoms with van der Waals surface area (Å²) in [6, 6.07) is 8.70. The maximum Gasteiger partial charge on any atom is 0.267 e. The summed E-state index contributed by atoms with van der Waals surface area (Å²) in [4.78, 5) is 15.3. The summed E-state index contributed by atoms with van der Waals surface area (Å²) in [6.07, 6.45) is -0.857. The van der Waals surface area contributed by atoms with Gasteiger partial charge in [0, 0.05) is 10.6 Å². The Bertz CT molecular complexity index is 960. The van der Waals surface area contributed by atoms with E-state index in [1.165, 1.54) is 6.92 Å². The molecule has 1 aromatic heterocycles. The molecule has 0 spiro atoms. The van der Waals surface area contributed by atoms with Crippen LogP contribution in [0.5, 0.6) is 5.75 Å². The molecule has 0 aliphatic carbocycles. The minimum Gasteiger partial charge on any atom is -0.478 e. The first-order valence-corrected chi connectivity index (χ1v) is 7.78. The van der Waals surface area contributed by atoms with E-state index in [1.807, 2.05) is 0 Å². The molecule has 3 aromatic rings. The molecular weight excluding hydrogens is 368 g/mol. The number of primary amides is 1. The van der Waals surface area contributed by atoms with E-state index in [9.17, 15) is 13.6 Å². The molecule has 0 radical (unpaired) electrons. The van der Waals surface area contributed by atoms with Crippen LogP contribution in [-0.4, -0.2) is 16.0 Å². The number of halogens is 3. The second-order valence-corrected chi connectivity index (χ2v) is 5.76. The van der Waals surface area contributed by atoms with Gasteiger partial charge in [-0.25, -0.2) is 8.78 Å². The predicted octanol–water partition coefficient (Wildman–Crippen LogP) is 3.91. The summed E-state index contributed by atoms with van der Waals surface area (Å²) >= 11 is 5.83. The third kappa shape index (κ3) is 3.50. The number of amides is 1. The Labute approximate surface area is 151 Å². The molecule has 0 aliphatic heterocycles. The van der Waals surface area contributed by atoms with Crippen LogP contribution in [0.1, 0.15) is 29.3 Å². The van der Waals surface area contributed by atoms with Crippen molar-refractivity contribution in [2.45, 2.75) is 13.0 Å². The van der Waals surface area contributed by atoms with Gasteiger partial charge >= 0.3 is 0 Å². The van der Waals surface area contributed by atoms with Crippen LogP contribution in [0.4, 0.5) is 8.78 Å². The molecular formula is C17H12ClF2N3O3. The average Bonchev–Trinajstić information content (AvgIpc) is 3.08. The van der Waals surface area contributed by atoms with Crippen molar-refractivity contribution in [2.24, 2.45) is 5.73 Å². The summed E-state index contributed by atoms with van der Waals surface area (Å²) in [5.74, 6) is -3.50. The molecule has 3 rings (SSSR count). The van der Waals surface area contributed by atoms with E-state index >= 15 is 0 Å². The largest absolute Gasteiger partial charge is 0.478 e. The molecule has 1 unspecified atom stereocenters. The third-order valence-corrected chi connectivity index (χ3v) is 3.75. The minimum atomic E-state index is -1.24. The van der Waals surface area contributed by atoms with Gasteiger partial charge < -0.3 is 15.0 Å². The first-order chi connectivity index (χ1) is 12.4. The number of carbonyl (C=O) groups is 1. The van der Waals surface area contributed by atoms with E-state index in [2.05, 4.69) is 10.1 Å². The molecule has 1 amide bonds. The van der Waals surface area contributed by atoms with E-state index in [1.54, 1.807) is 24.3 Å². The van der Waals surface area contributed by atoms with Crippen LogP contribution in [0.25, 0.3) is 11.4 Å². The second-order valence-electron chi connectivity index (χ2n) is 5.32. The smallest absolute Gasteiger partial charge is 0.267 e. The molecule has 0 bridgehead atoms. The Kier molecular flexibility index (Phi) is 4.85. The number of aromatic nitrogens is 2. The first-order valence-electron chi connectivity index (χ1n) is 7.41. The van der Waals surface area contributed by atoms with Crippen molar-refractivity contribution in [3.63, 3.8) is 0 Å². The molecule has 9 heteroatoms. The van der Waals surface area contributed by atoms with Crippen molar-refractivity contribution >= 4 is 17.5 Å². The maximum atomic E-state index is 14.2. The number of nitrogens with two attached hydrogens (primary N) is 1. The predicted molar refractivity (Wildman–Crippen MR) is 88.7 cm³/mol. The molecule has 0 saturated carbocycles. The standard InChI is InChI=1S/C17H12ClF2N3O3/c1-8(25-12-7-6-11(19)13(14(12)20)15(21)24)17-22-16(23-26-17)9-2-4-10(18)5-3-9/h2-8H,1H3,(H2,21,24). The normalized spacial score (nSPS) is 12.0. The maximum absolute atomic E-state index is 14.2. The summed E-state index contributed by atoms with van der Waals surface area (Å²) in [7, 11) is 0. The van der Waals surface area contributed by atoms with Crippen LogP contribution in [0.2, 0.25) is 5.02 Å². The number of nitrogens with zero attached hydrogens (tertiary/aromatic N) is 2. The summed E-state index contributed by atoms with van der Waals surface area (Å²) in [5, 5.41) is 4.39. The van der Waals surface area contributed by atoms with Gasteiger partial charge in [-0.2, -0.15) is 4.98 Å². The highest BCUT2D eigenvalue weighted by Crippen LogP contribution is 2.28. The zero-order chi connectivity index (χ0) is 18.8. The summed E-state index contributed by atoms with van der Waals surface area (Å²) < 4.78 is 38.2. The van der Waals surface area contributed by atoms with Gasteiger partial charge in [0.25, 0.3) is 11.8 Å². The first kappa shape index (κ1) is 17.8. The summed E-state index contributed by atoms with van der Waals surface area (Å²) in [5.41, 5.74) is 4.77. The fourth-order valence-electron chi connectivity index (χ4n) is 2.21. The number of carbonyl (C=O) groups excluding carboxylic acids is 1. The van der Waals surface area contributed by atoms with Crippen molar-refractivity contribution < 1.29 is 22.8 Å². The molecule has 2 N–H and O–H groups in total. The van der Waals surface area contributed by atoms with Crippen molar-refractivity contribution in [2.75, 3.05) is 0 Å². The lowest BCUT2D eigenvalue weighted by Crippen LogP contribution is -2.16. The van der Waals surface area contributed by atoms with Gasteiger partial charge in [-0.3, -0.25) is 4.79 Å². The van der Waals surface area contributed by atoms with E-state index in [4.69, 9.17) is 26.6 Å². The van der Waals surface area contributed by atoms with Crippen molar-refractivity contribution in [3.05, 3.63) is 64.5 Å². The van der Waals surface area contributed by atoms with Gasteiger partial charge in [0.1, 0.15) is 11.4 Å². The fourth-order valence-corrected chi connectivity index (χ4v) is 2.33. The topological polar surface area (TPSA) is 91.2 Å². The van der Waals surface area contributed by atoms with E-state index in [-0.39, 0.29) is 11.6 Å². The highest BCUT2D eigenvalue weighted by atomic mass is 35.5. The van der Waals surface area contributed by atoms with Gasteiger partial charge in [-0.05, 0) is 43.3 Å². The van der Waals surface area contributed by atoms with Gasteiger partial charge in [-0.1, -0.05) is 16.8 Å². The van der Waals surface area contributed by atoms with Gasteiger partial charge in [-0.15, -0.1) is 0 Å². The van der Waals surface area contributed by atoms with Crippen molar-refractivity contribution in [1.82, 2.24) is 10.1 Å². The molecule has 134 valence electrons. The highest BCUT2D eigenvalue weighted by molar-refractivity contribution is 6.30. The molecule has 6 nitrogen and oxygen atoms in total. The fraction of sp³-hybridized carbons (Fsp3) is 0.118. The average molecular weight is 380 g/mol. The molecule has 0 aliphatic rings. The number of ether oxygens (including phenoxy) is 1. The Morgan fingerprint density at radius 2 is 1.92 bits per heavy atom. The number of benzene rings is 2. The van der Waals surface area contributed by atoms with Crippen LogP contribution >= 0.6 is 11.6 Å². The molecule has 0 saturated heterocycles. The lowest BCUT2D eigenvalue weighted by Gasteiger charge is -2.13. The van der Waals surface area contributed by atoms with Crippen LogP contribution in [0.3, 0.4) is 0 Å². The van der Waals surface area contributed by atoms with Gasteiger partial charge in [0.2, 0.25) is 5.82 Å². The number of rotatable bonds is 5. The van der Waals surface area contributed by atoms with Crippen molar-refractivity contribution in [3.8, 4) is 17.1 Å². The lowest BCUT2D eigenvalue weighted by molar-refractivity contribution is 0.0989. The highest BCUT2D eigenvalue weighted by Gasteiger charge is 2.23. The molecule has 1 heterocycles. The SMILES string of the molecule is CC(Oc1ccc(F)c(C(N)=O)c1F)c1nc(-c2ccc(Cl)cc2)no1. The third-order valence-electron chi connectivity index (χ3n) is 3.50. The summed E-state index contributed by atoms with van der Waals surface area (Å²) in [6.45, 7) is 1.53. The minimum absolute atomic E-state index is 0.0688. The van der Waals surface area contributed by atoms with Gasteiger partial charge in [0.05, 0.1) is 0 Å².